The number of H-pyrrole nitrogens is 1. The number of carboxylic acid groups (broad SMARTS) is 1. The Morgan fingerprint density at radius 1 is 1.06 bits per heavy atom. The lowest BCUT2D eigenvalue weighted by Gasteiger charge is -2.31. The Balaban J connectivity index is 1.19. The number of nitrogens with zero attached hydrogens (tertiary/aromatic N) is 4. The average molecular weight is 454 g/mol. The van der Waals surface area contributed by atoms with E-state index in [2.05, 4.69) is 30.2 Å². The number of piperidine rings is 1. The van der Waals surface area contributed by atoms with Crippen LogP contribution < -0.4 is 10.2 Å². The van der Waals surface area contributed by atoms with Crippen LogP contribution in [0.3, 0.4) is 0 Å². The summed E-state index contributed by atoms with van der Waals surface area (Å²) in [6.07, 6.45) is 8.19. The van der Waals surface area contributed by atoms with Gasteiger partial charge in [0, 0.05) is 43.5 Å². The van der Waals surface area contributed by atoms with E-state index in [-0.39, 0.29) is 18.4 Å². The summed E-state index contributed by atoms with van der Waals surface area (Å²) in [5.74, 6) is -0.960. The molecular weight excluding hydrogens is 430 g/mol. The molecule has 3 N–H and O–H groups in total. The Bertz CT molecular complexity index is 1130. The second kappa shape index (κ2) is 8.76. The molecule has 33 heavy (non-hydrogen) atoms. The maximum absolute atomic E-state index is 13.5. The molecular formula is C23H24F2N6O2. The van der Waals surface area contributed by atoms with Gasteiger partial charge in [-0.3, -0.25) is 4.79 Å². The van der Waals surface area contributed by atoms with Gasteiger partial charge in [-0.15, -0.1) is 0 Å². The number of rotatable bonds is 6. The fourth-order valence-electron chi connectivity index (χ4n) is 4.65. The second-order valence-corrected chi connectivity index (χ2v) is 8.73. The van der Waals surface area contributed by atoms with Crippen molar-refractivity contribution in [2.24, 2.45) is 5.92 Å². The number of anilines is 2. The molecule has 1 saturated heterocycles. The molecule has 3 aromatic rings. The number of carbonyl (C=O) groups is 1. The predicted octanol–water partition coefficient (Wildman–Crippen LogP) is 3.42. The highest BCUT2D eigenvalue weighted by atomic mass is 19.2. The van der Waals surface area contributed by atoms with E-state index in [9.17, 15) is 13.6 Å². The second-order valence-electron chi connectivity index (χ2n) is 8.73. The minimum atomic E-state index is -0.821. The summed E-state index contributed by atoms with van der Waals surface area (Å²) in [6, 6.07) is 2.51. The van der Waals surface area contributed by atoms with Crippen molar-refractivity contribution in [3.63, 3.8) is 0 Å². The molecule has 172 valence electrons. The highest BCUT2D eigenvalue weighted by molar-refractivity contribution is 5.67. The van der Waals surface area contributed by atoms with Crippen LogP contribution in [0.5, 0.6) is 0 Å². The molecule has 0 unspecified atom stereocenters. The van der Waals surface area contributed by atoms with Gasteiger partial charge in [-0.1, -0.05) is 0 Å². The third-order valence-electron chi connectivity index (χ3n) is 6.41. The molecule has 1 aliphatic carbocycles. The maximum atomic E-state index is 13.5. The number of imidazole rings is 1. The molecule has 2 aliphatic rings. The molecule has 1 aliphatic heterocycles. The zero-order valence-electron chi connectivity index (χ0n) is 17.9. The number of aromatic nitrogens is 4. The SMILES string of the molecule is O=C(O)CC1CCN(c2ncc(-c3cnc(NC4Cc5cc(F)c(F)cc5C4)nc3)[nH]2)CC1. The van der Waals surface area contributed by atoms with Gasteiger partial charge in [0.25, 0.3) is 0 Å². The molecule has 10 heteroatoms. The van der Waals surface area contributed by atoms with Crippen molar-refractivity contribution in [3.05, 3.63) is 53.5 Å². The lowest BCUT2D eigenvalue weighted by molar-refractivity contribution is -0.138. The number of carboxylic acids is 1. The van der Waals surface area contributed by atoms with Crippen LogP contribution in [0.15, 0.2) is 30.7 Å². The van der Waals surface area contributed by atoms with Crippen LogP contribution >= 0.6 is 0 Å². The number of benzene rings is 1. The van der Waals surface area contributed by atoms with Crippen LogP contribution in [0.2, 0.25) is 0 Å². The third-order valence-corrected chi connectivity index (χ3v) is 6.41. The fraction of sp³-hybridized carbons (Fsp3) is 0.391. The van der Waals surface area contributed by atoms with Gasteiger partial charge in [-0.05, 0) is 54.9 Å². The van der Waals surface area contributed by atoms with Crippen molar-refractivity contribution in [2.45, 2.75) is 38.1 Å². The van der Waals surface area contributed by atoms with Gasteiger partial charge in [0.15, 0.2) is 11.6 Å². The van der Waals surface area contributed by atoms with E-state index in [1.807, 2.05) is 0 Å². The number of hydrogen-bond acceptors (Lipinski definition) is 6. The lowest BCUT2D eigenvalue weighted by Crippen LogP contribution is -2.35. The Kier molecular flexibility index (Phi) is 5.65. The molecule has 0 spiro atoms. The van der Waals surface area contributed by atoms with Gasteiger partial charge in [0.1, 0.15) is 0 Å². The molecule has 0 bridgehead atoms. The lowest BCUT2D eigenvalue weighted by atomic mass is 9.94. The number of hydrogen-bond donors (Lipinski definition) is 3. The van der Waals surface area contributed by atoms with E-state index in [1.165, 1.54) is 12.1 Å². The van der Waals surface area contributed by atoms with Gasteiger partial charge < -0.3 is 20.3 Å². The monoisotopic (exact) mass is 454 g/mol. The van der Waals surface area contributed by atoms with Crippen LogP contribution in [-0.2, 0) is 17.6 Å². The molecule has 1 fully saturated rings. The van der Waals surface area contributed by atoms with Crippen molar-refractivity contribution >= 4 is 17.9 Å². The highest BCUT2D eigenvalue weighted by Crippen LogP contribution is 2.28. The van der Waals surface area contributed by atoms with E-state index in [0.717, 1.165) is 54.3 Å². The number of halogens is 2. The Morgan fingerprint density at radius 2 is 1.70 bits per heavy atom. The van der Waals surface area contributed by atoms with E-state index in [0.29, 0.717) is 18.8 Å². The van der Waals surface area contributed by atoms with E-state index < -0.39 is 17.6 Å². The standard InChI is InChI=1S/C23H24F2N6O2/c24-18-8-14-6-17(7-15(14)9-19(18)25)29-22-26-10-16(11-27-22)20-12-28-23(30-20)31-3-1-13(2-4-31)5-21(32)33/h8-13,17H,1-7H2,(H,28,30)(H,32,33)(H,26,27,29). The summed E-state index contributed by atoms with van der Waals surface area (Å²) in [5.41, 5.74) is 3.20. The maximum Gasteiger partial charge on any atom is 0.303 e. The third kappa shape index (κ3) is 4.64. The van der Waals surface area contributed by atoms with E-state index in [1.54, 1.807) is 18.6 Å². The molecule has 1 aromatic carbocycles. The summed E-state index contributed by atoms with van der Waals surface area (Å²) in [5, 5.41) is 12.2. The molecule has 8 nitrogen and oxygen atoms in total. The Morgan fingerprint density at radius 3 is 2.30 bits per heavy atom. The number of aliphatic carboxylic acids is 1. The minimum absolute atomic E-state index is 0.0186. The van der Waals surface area contributed by atoms with E-state index in [4.69, 9.17) is 5.11 Å². The molecule has 0 atom stereocenters. The predicted molar refractivity (Wildman–Crippen MR) is 118 cm³/mol. The van der Waals surface area contributed by atoms with Crippen LogP contribution in [-0.4, -0.2) is 50.1 Å². The number of fused-ring (bicyclic) bond motifs is 1. The first kappa shape index (κ1) is 21.3. The van der Waals surface area contributed by atoms with Crippen molar-refractivity contribution in [2.75, 3.05) is 23.3 Å². The first-order valence-electron chi connectivity index (χ1n) is 11.0. The normalized spacial score (nSPS) is 16.7. The summed E-state index contributed by atoms with van der Waals surface area (Å²) in [4.78, 5) is 29.6. The highest BCUT2D eigenvalue weighted by Gasteiger charge is 2.25. The summed E-state index contributed by atoms with van der Waals surface area (Å²) in [7, 11) is 0. The largest absolute Gasteiger partial charge is 0.481 e. The molecule has 5 rings (SSSR count). The van der Waals surface area contributed by atoms with Gasteiger partial charge in [0.05, 0.1) is 11.9 Å². The summed E-state index contributed by atoms with van der Waals surface area (Å²) >= 11 is 0. The van der Waals surface area contributed by atoms with Crippen molar-refractivity contribution < 1.29 is 18.7 Å². The topological polar surface area (TPSA) is 107 Å². The van der Waals surface area contributed by atoms with Gasteiger partial charge in [0.2, 0.25) is 11.9 Å². The molecule has 3 heterocycles. The zero-order chi connectivity index (χ0) is 22.9. The molecule has 0 saturated carbocycles. The van der Waals surface area contributed by atoms with Crippen molar-refractivity contribution in [1.82, 2.24) is 19.9 Å². The first-order chi connectivity index (χ1) is 15.9. The summed E-state index contributed by atoms with van der Waals surface area (Å²) in [6.45, 7) is 1.53. The Hall–Kier alpha value is -3.56. The van der Waals surface area contributed by atoms with Gasteiger partial charge in [-0.25, -0.2) is 23.7 Å². The van der Waals surface area contributed by atoms with Gasteiger partial charge >= 0.3 is 5.97 Å². The quantitative estimate of drug-likeness (QED) is 0.524. The Labute approximate surface area is 189 Å². The smallest absolute Gasteiger partial charge is 0.303 e. The van der Waals surface area contributed by atoms with Gasteiger partial charge in [-0.2, -0.15) is 0 Å². The number of aromatic amines is 1. The molecule has 0 radical (unpaired) electrons. The van der Waals surface area contributed by atoms with Crippen molar-refractivity contribution in [3.8, 4) is 11.3 Å². The summed E-state index contributed by atoms with van der Waals surface area (Å²) < 4.78 is 26.9. The fourth-order valence-corrected chi connectivity index (χ4v) is 4.65. The zero-order valence-corrected chi connectivity index (χ0v) is 17.9. The first-order valence-corrected chi connectivity index (χ1v) is 11.0. The van der Waals surface area contributed by atoms with Crippen LogP contribution in [0, 0.1) is 17.6 Å². The minimum Gasteiger partial charge on any atom is -0.481 e. The molecule has 2 aromatic heterocycles. The molecule has 0 amide bonds. The van der Waals surface area contributed by atoms with Crippen molar-refractivity contribution in [1.29, 1.82) is 0 Å². The average Bonchev–Trinajstić information content (AvgIpc) is 3.42. The van der Waals surface area contributed by atoms with Crippen LogP contribution in [0.1, 0.15) is 30.4 Å². The van der Waals surface area contributed by atoms with Crippen LogP contribution in [0.4, 0.5) is 20.7 Å². The van der Waals surface area contributed by atoms with Crippen LogP contribution in [0.25, 0.3) is 11.3 Å². The number of nitrogens with one attached hydrogen (secondary N) is 2. The van der Waals surface area contributed by atoms with E-state index >= 15 is 0 Å².